The van der Waals surface area contributed by atoms with Gasteiger partial charge in [0.05, 0.1) is 11.6 Å². The molecule has 0 saturated carbocycles. The summed E-state index contributed by atoms with van der Waals surface area (Å²) in [7, 11) is 0. The number of alkyl halides is 2. The molecule has 0 aliphatic heterocycles. The molecule has 0 amide bonds. The van der Waals surface area contributed by atoms with Crippen LogP contribution in [-0.4, -0.2) is 25.6 Å². The average molecular weight is 332 g/mol. The summed E-state index contributed by atoms with van der Waals surface area (Å²) in [6, 6.07) is 4.22. The third kappa shape index (κ3) is 5.59. The number of rotatable bonds is 7. The summed E-state index contributed by atoms with van der Waals surface area (Å²) in [6.45, 7) is 0.956. The summed E-state index contributed by atoms with van der Waals surface area (Å²) >= 11 is 5.90. The zero-order valence-corrected chi connectivity index (χ0v) is 12.3. The van der Waals surface area contributed by atoms with Crippen LogP contribution in [0.4, 0.5) is 8.78 Å². The fraction of sp³-hybridized carbons (Fsp3) is 0.308. The van der Waals surface area contributed by atoms with Gasteiger partial charge in [-0.2, -0.15) is 0 Å². The molecule has 0 atom stereocenters. The van der Waals surface area contributed by atoms with Crippen LogP contribution in [-0.2, 0) is 9.53 Å². The maximum absolute atomic E-state index is 12.1. The highest BCUT2D eigenvalue weighted by molar-refractivity contribution is 6.32. The molecule has 0 radical (unpaired) electrons. The minimum absolute atomic E-state index is 0.0820. The van der Waals surface area contributed by atoms with Crippen LogP contribution in [0.5, 0.6) is 5.75 Å². The van der Waals surface area contributed by atoms with Crippen LogP contribution < -0.4 is 4.74 Å². The summed E-state index contributed by atoms with van der Waals surface area (Å²) in [5, 5.41) is 3.33. The van der Waals surface area contributed by atoms with Gasteiger partial charge in [0.15, 0.2) is 0 Å². The number of azide groups is 1. The van der Waals surface area contributed by atoms with Crippen molar-refractivity contribution in [3.63, 3.8) is 0 Å². The molecular weight excluding hydrogens is 320 g/mol. The van der Waals surface area contributed by atoms with Crippen molar-refractivity contribution in [1.82, 2.24) is 0 Å². The summed E-state index contributed by atoms with van der Waals surface area (Å²) in [5.74, 6) is -0.699. The van der Waals surface area contributed by atoms with Crippen molar-refractivity contribution in [2.45, 2.75) is 13.3 Å². The van der Waals surface area contributed by atoms with Crippen molar-refractivity contribution in [3.8, 4) is 5.75 Å². The SMILES string of the molecule is CCOC(=O)C(=Cc1ccc(OCC(F)F)c(Cl)c1)N=[N+]=[N-]. The Balaban J connectivity index is 3.00. The Bertz CT molecular complexity index is 617. The van der Waals surface area contributed by atoms with E-state index < -0.39 is 19.0 Å². The normalized spacial score (nSPS) is 11.0. The highest BCUT2D eigenvalue weighted by Crippen LogP contribution is 2.27. The van der Waals surface area contributed by atoms with Crippen molar-refractivity contribution >= 4 is 23.6 Å². The number of halogens is 3. The van der Waals surface area contributed by atoms with E-state index in [0.717, 1.165) is 0 Å². The summed E-state index contributed by atoms with van der Waals surface area (Å²) in [5.41, 5.74) is 8.62. The van der Waals surface area contributed by atoms with Crippen LogP contribution >= 0.6 is 11.6 Å². The van der Waals surface area contributed by atoms with Gasteiger partial charge >= 0.3 is 5.97 Å². The Labute approximate surface area is 129 Å². The number of ether oxygens (including phenoxy) is 2. The van der Waals surface area contributed by atoms with E-state index in [2.05, 4.69) is 10.0 Å². The van der Waals surface area contributed by atoms with Gasteiger partial charge in [0.25, 0.3) is 6.43 Å². The van der Waals surface area contributed by atoms with Crippen molar-refractivity contribution in [2.24, 2.45) is 5.11 Å². The fourth-order valence-corrected chi connectivity index (χ4v) is 1.66. The molecule has 1 aromatic rings. The minimum Gasteiger partial charge on any atom is -0.486 e. The second-order valence-electron chi connectivity index (χ2n) is 3.83. The van der Waals surface area contributed by atoms with Gasteiger partial charge in [-0.1, -0.05) is 22.8 Å². The number of carbonyl (C=O) groups excluding carboxylic acids is 1. The number of benzene rings is 1. The molecule has 0 bridgehead atoms. The quantitative estimate of drug-likeness (QED) is 0.247. The molecule has 0 saturated heterocycles. The van der Waals surface area contributed by atoms with E-state index in [1.165, 1.54) is 24.3 Å². The van der Waals surface area contributed by atoms with Crippen LogP contribution in [0.2, 0.25) is 5.02 Å². The van der Waals surface area contributed by atoms with Crippen molar-refractivity contribution in [1.29, 1.82) is 0 Å². The smallest absolute Gasteiger partial charge is 0.340 e. The lowest BCUT2D eigenvalue weighted by molar-refractivity contribution is -0.138. The van der Waals surface area contributed by atoms with Gasteiger partial charge in [-0.15, -0.1) is 0 Å². The monoisotopic (exact) mass is 331 g/mol. The Hall–Kier alpha value is -2.31. The lowest BCUT2D eigenvalue weighted by Crippen LogP contribution is -2.07. The van der Waals surface area contributed by atoms with Gasteiger partial charge in [-0.3, -0.25) is 0 Å². The van der Waals surface area contributed by atoms with Gasteiger partial charge in [-0.05, 0) is 36.2 Å². The maximum atomic E-state index is 12.1. The third-order valence-electron chi connectivity index (χ3n) is 2.26. The van der Waals surface area contributed by atoms with Crippen molar-refractivity contribution in [2.75, 3.05) is 13.2 Å². The van der Waals surface area contributed by atoms with E-state index in [9.17, 15) is 13.6 Å². The second kappa shape index (κ2) is 8.86. The van der Waals surface area contributed by atoms with Crippen LogP contribution in [0.25, 0.3) is 16.5 Å². The van der Waals surface area contributed by atoms with E-state index in [4.69, 9.17) is 26.6 Å². The average Bonchev–Trinajstić information content (AvgIpc) is 2.46. The number of nitrogens with zero attached hydrogens (tertiary/aromatic N) is 3. The molecule has 1 aromatic carbocycles. The van der Waals surface area contributed by atoms with E-state index in [1.54, 1.807) is 6.92 Å². The third-order valence-corrected chi connectivity index (χ3v) is 2.56. The van der Waals surface area contributed by atoms with Gasteiger partial charge in [-0.25, -0.2) is 13.6 Å². The lowest BCUT2D eigenvalue weighted by Gasteiger charge is -2.08. The fourth-order valence-electron chi connectivity index (χ4n) is 1.42. The van der Waals surface area contributed by atoms with Crippen LogP contribution in [0.1, 0.15) is 12.5 Å². The Morgan fingerprint density at radius 3 is 2.82 bits per heavy atom. The van der Waals surface area contributed by atoms with E-state index in [1.807, 2.05) is 0 Å². The summed E-state index contributed by atoms with van der Waals surface area (Å²) < 4.78 is 33.7. The molecule has 1 rings (SSSR count). The first-order chi connectivity index (χ1) is 10.5. The summed E-state index contributed by atoms with van der Waals surface area (Å²) in [4.78, 5) is 14.1. The number of carbonyl (C=O) groups is 1. The van der Waals surface area contributed by atoms with Crippen molar-refractivity contribution < 1.29 is 23.0 Å². The van der Waals surface area contributed by atoms with Crippen LogP contribution in [0.3, 0.4) is 0 Å². The summed E-state index contributed by atoms with van der Waals surface area (Å²) in [6.07, 6.45) is -1.35. The molecular formula is C13H12ClF2N3O3. The first-order valence-corrected chi connectivity index (χ1v) is 6.50. The predicted molar refractivity (Wildman–Crippen MR) is 76.7 cm³/mol. The van der Waals surface area contributed by atoms with Gasteiger partial charge < -0.3 is 9.47 Å². The zero-order valence-electron chi connectivity index (χ0n) is 11.5. The first-order valence-electron chi connectivity index (χ1n) is 6.12. The molecule has 0 unspecified atom stereocenters. The molecule has 0 fully saturated rings. The molecule has 0 N–H and O–H groups in total. The van der Waals surface area contributed by atoms with Gasteiger partial charge in [0.2, 0.25) is 0 Å². The molecule has 0 aromatic heterocycles. The number of hydrogen-bond donors (Lipinski definition) is 0. The molecule has 6 nitrogen and oxygen atoms in total. The van der Waals surface area contributed by atoms with E-state index in [0.29, 0.717) is 5.56 Å². The Morgan fingerprint density at radius 1 is 1.55 bits per heavy atom. The minimum atomic E-state index is -2.61. The second-order valence-corrected chi connectivity index (χ2v) is 4.24. The molecule has 9 heteroatoms. The highest BCUT2D eigenvalue weighted by atomic mass is 35.5. The molecule has 0 aliphatic carbocycles. The molecule has 0 aliphatic rings. The largest absolute Gasteiger partial charge is 0.486 e. The maximum Gasteiger partial charge on any atom is 0.340 e. The first kappa shape index (κ1) is 17.7. The van der Waals surface area contributed by atoms with Gasteiger partial charge in [0, 0.05) is 4.91 Å². The lowest BCUT2D eigenvalue weighted by atomic mass is 10.2. The number of esters is 1. The Kier molecular flexibility index (Phi) is 7.15. The Morgan fingerprint density at radius 2 is 2.27 bits per heavy atom. The zero-order chi connectivity index (χ0) is 16.5. The predicted octanol–water partition coefficient (Wildman–Crippen LogP) is 4.20. The van der Waals surface area contributed by atoms with E-state index >= 15 is 0 Å². The topological polar surface area (TPSA) is 84.3 Å². The van der Waals surface area contributed by atoms with Crippen LogP contribution in [0, 0.1) is 0 Å². The standard InChI is InChI=1S/C13H12ClF2N3O3/c1-2-21-13(20)10(18-19-17)6-8-3-4-11(9(14)5-8)22-7-12(15)16/h3-6,12H,2,7H2,1H3. The van der Waals surface area contributed by atoms with Crippen LogP contribution in [0.15, 0.2) is 29.0 Å². The van der Waals surface area contributed by atoms with Crippen molar-refractivity contribution in [3.05, 3.63) is 44.9 Å². The molecule has 0 spiro atoms. The van der Waals surface area contributed by atoms with Gasteiger partial charge in [0.1, 0.15) is 18.1 Å². The van der Waals surface area contributed by atoms with E-state index in [-0.39, 0.29) is 23.1 Å². The highest BCUT2D eigenvalue weighted by Gasteiger charge is 2.10. The molecule has 22 heavy (non-hydrogen) atoms. The molecule has 118 valence electrons. The number of hydrogen-bond acceptors (Lipinski definition) is 4. The molecule has 0 heterocycles.